The first-order chi connectivity index (χ1) is 9.08. The topological polar surface area (TPSA) is 39.1 Å². The molecule has 1 aliphatic rings. The van der Waals surface area contributed by atoms with Gasteiger partial charge in [-0.1, -0.05) is 15.9 Å². The van der Waals surface area contributed by atoms with Gasteiger partial charge in [-0.05, 0) is 38.1 Å². The molecule has 0 bridgehead atoms. The van der Waals surface area contributed by atoms with E-state index in [0.29, 0.717) is 5.56 Å². The van der Waals surface area contributed by atoms with E-state index >= 15 is 0 Å². The van der Waals surface area contributed by atoms with E-state index in [9.17, 15) is 9.65 Å². The van der Waals surface area contributed by atoms with E-state index in [0.717, 1.165) is 37.1 Å². The Kier molecular flexibility index (Phi) is 4.56. The van der Waals surface area contributed by atoms with E-state index in [4.69, 9.17) is 0 Å². The summed E-state index contributed by atoms with van der Waals surface area (Å²) in [5.41, 5.74) is -0.494. The van der Waals surface area contributed by atoms with Gasteiger partial charge in [-0.2, -0.15) is 5.26 Å². The molecule has 0 aromatic heterocycles. The van der Waals surface area contributed by atoms with Crippen LogP contribution in [0.4, 0.5) is 4.39 Å². The molecule has 1 aliphatic heterocycles. The molecule has 0 spiro atoms. The van der Waals surface area contributed by atoms with Gasteiger partial charge in [-0.15, -0.1) is 0 Å². The maximum Gasteiger partial charge on any atom is 0.134 e. The van der Waals surface area contributed by atoms with Gasteiger partial charge in [-0.25, -0.2) is 4.39 Å². The summed E-state index contributed by atoms with van der Waals surface area (Å²) in [6.45, 7) is 5.11. The zero-order valence-electron chi connectivity index (χ0n) is 10.9. The minimum absolute atomic E-state index is 0.329. The maximum absolute atomic E-state index is 14.1. The largest absolute Gasteiger partial charge is 0.315 e. The first kappa shape index (κ1) is 14.4. The first-order valence-corrected chi connectivity index (χ1v) is 7.20. The Morgan fingerprint density at radius 2 is 2.21 bits per heavy atom. The molecule has 3 nitrogen and oxygen atoms in total. The average molecular weight is 326 g/mol. The lowest BCUT2D eigenvalue weighted by Crippen LogP contribution is -2.45. The minimum atomic E-state index is -0.931. The Labute approximate surface area is 121 Å². The van der Waals surface area contributed by atoms with Crippen molar-refractivity contribution in [3.05, 3.63) is 34.1 Å². The second kappa shape index (κ2) is 6.00. The van der Waals surface area contributed by atoms with Crippen LogP contribution in [0.1, 0.15) is 18.9 Å². The molecule has 1 fully saturated rings. The molecule has 0 saturated carbocycles. The van der Waals surface area contributed by atoms with Gasteiger partial charge in [0.2, 0.25) is 0 Å². The molecule has 5 heteroatoms. The monoisotopic (exact) mass is 325 g/mol. The summed E-state index contributed by atoms with van der Waals surface area (Å²) in [5.74, 6) is -0.329. The van der Waals surface area contributed by atoms with Gasteiger partial charge in [0.25, 0.3) is 0 Å². The van der Waals surface area contributed by atoms with Crippen LogP contribution in [0.15, 0.2) is 22.7 Å². The number of hydrogen-bond acceptors (Lipinski definition) is 3. The fourth-order valence-corrected chi connectivity index (χ4v) is 2.83. The standard InChI is InChI=1S/C14H17BrFN3/c1-14(10-17,19-7-2-5-18-6-8-19)12-9-11(15)3-4-13(12)16/h3-4,9,18H,2,5-8H2,1H3. The maximum atomic E-state index is 14.1. The van der Waals surface area contributed by atoms with Gasteiger partial charge < -0.3 is 5.32 Å². The molecule has 1 heterocycles. The molecule has 1 unspecified atom stereocenters. The summed E-state index contributed by atoms with van der Waals surface area (Å²) in [6.07, 6.45) is 0.965. The third kappa shape index (κ3) is 2.97. The highest BCUT2D eigenvalue weighted by Gasteiger charge is 2.36. The summed E-state index contributed by atoms with van der Waals surface area (Å²) in [6, 6.07) is 7.06. The number of nitrogens with zero attached hydrogens (tertiary/aromatic N) is 2. The summed E-state index contributed by atoms with van der Waals surface area (Å²) in [7, 11) is 0. The van der Waals surface area contributed by atoms with Crippen LogP contribution < -0.4 is 5.32 Å². The van der Waals surface area contributed by atoms with Crippen molar-refractivity contribution >= 4 is 15.9 Å². The number of hydrogen-bond donors (Lipinski definition) is 1. The van der Waals surface area contributed by atoms with Crippen molar-refractivity contribution in [2.45, 2.75) is 18.9 Å². The van der Waals surface area contributed by atoms with Crippen molar-refractivity contribution in [3.63, 3.8) is 0 Å². The van der Waals surface area contributed by atoms with E-state index in [1.807, 2.05) is 0 Å². The lowest BCUT2D eigenvalue weighted by molar-refractivity contribution is 0.159. The number of nitrogens with one attached hydrogen (secondary N) is 1. The molecular formula is C14H17BrFN3. The lowest BCUT2D eigenvalue weighted by Gasteiger charge is -2.35. The van der Waals surface area contributed by atoms with Gasteiger partial charge in [0.15, 0.2) is 0 Å². The number of rotatable bonds is 2. The predicted octanol–water partition coefficient (Wildman–Crippen LogP) is 2.62. The molecule has 1 saturated heterocycles. The molecule has 0 radical (unpaired) electrons. The molecule has 0 aliphatic carbocycles. The average Bonchev–Trinajstić information content (AvgIpc) is 2.70. The van der Waals surface area contributed by atoms with E-state index in [1.165, 1.54) is 6.07 Å². The van der Waals surface area contributed by atoms with Crippen LogP contribution in [-0.2, 0) is 5.54 Å². The normalized spacial score (nSPS) is 20.3. The molecule has 0 amide bonds. The predicted molar refractivity (Wildman–Crippen MR) is 76.1 cm³/mol. The summed E-state index contributed by atoms with van der Waals surface area (Å²) < 4.78 is 14.9. The van der Waals surface area contributed by atoms with Gasteiger partial charge in [0.1, 0.15) is 11.4 Å². The van der Waals surface area contributed by atoms with E-state index in [1.54, 1.807) is 19.1 Å². The highest BCUT2D eigenvalue weighted by Crippen LogP contribution is 2.32. The van der Waals surface area contributed by atoms with Crippen LogP contribution in [-0.4, -0.2) is 31.1 Å². The number of halogens is 2. The third-order valence-corrected chi connectivity index (χ3v) is 4.14. The van der Waals surface area contributed by atoms with Gasteiger partial charge in [-0.3, -0.25) is 4.90 Å². The van der Waals surface area contributed by atoms with Crippen molar-refractivity contribution in [3.8, 4) is 6.07 Å². The van der Waals surface area contributed by atoms with E-state index in [2.05, 4.69) is 32.2 Å². The second-order valence-electron chi connectivity index (χ2n) is 4.90. The Morgan fingerprint density at radius 3 is 2.95 bits per heavy atom. The van der Waals surface area contributed by atoms with Crippen LogP contribution in [0.3, 0.4) is 0 Å². The van der Waals surface area contributed by atoms with Crippen LogP contribution in [0, 0.1) is 17.1 Å². The molecule has 1 aromatic rings. The van der Waals surface area contributed by atoms with Crippen LogP contribution in [0.2, 0.25) is 0 Å². The van der Waals surface area contributed by atoms with Crippen LogP contribution in [0.5, 0.6) is 0 Å². The zero-order valence-corrected chi connectivity index (χ0v) is 12.5. The van der Waals surface area contributed by atoms with Crippen molar-refractivity contribution in [2.24, 2.45) is 0 Å². The SMILES string of the molecule is CC(C#N)(c1cc(Br)ccc1F)N1CCCNCC1. The molecule has 19 heavy (non-hydrogen) atoms. The van der Waals surface area contributed by atoms with Crippen molar-refractivity contribution in [2.75, 3.05) is 26.2 Å². The Bertz CT molecular complexity index is 492. The number of nitriles is 1. The minimum Gasteiger partial charge on any atom is -0.315 e. The third-order valence-electron chi connectivity index (χ3n) is 3.64. The van der Waals surface area contributed by atoms with Gasteiger partial charge >= 0.3 is 0 Å². The Hall–Kier alpha value is -0.960. The second-order valence-corrected chi connectivity index (χ2v) is 5.81. The summed E-state index contributed by atoms with van der Waals surface area (Å²) >= 11 is 3.35. The van der Waals surface area contributed by atoms with Crippen LogP contribution in [0.25, 0.3) is 0 Å². The molecule has 102 valence electrons. The lowest BCUT2D eigenvalue weighted by atomic mass is 9.90. The summed E-state index contributed by atoms with van der Waals surface area (Å²) in [4.78, 5) is 2.05. The van der Waals surface area contributed by atoms with Crippen molar-refractivity contribution in [1.82, 2.24) is 10.2 Å². The highest BCUT2D eigenvalue weighted by atomic mass is 79.9. The molecular weight excluding hydrogens is 309 g/mol. The molecule has 1 aromatic carbocycles. The van der Waals surface area contributed by atoms with E-state index < -0.39 is 5.54 Å². The zero-order chi connectivity index (χ0) is 13.9. The smallest absolute Gasteiger partial charge is 0.134 e. The summed E-state index contributed by atoms with van der Waals surface area (Å²) in [5, 5.41) is 12.9. The van der Waals surface area contributed by atoms with Crippen molar-refractivity contribution < 1.29 is 4.39 Å². The quantitative estimate of drug-likeness (QED) is 0.908. The highest BCUT2D eigenvalue weighted by molar-refractivity contribution is 9.10. The van der Waals surface area contributed by atoms with E-state index in [-0.39, 0.29) is 5.82 Å². The molecule has 1 N–H and O–H groups in total. The van der Waals surface area contributed by atoms with Gasteiger partial charge in [0.05, 0.1) is 6.07 Å². The van der Waals surface area contributed by atoms with Crippen LogP contribution >= 0.6 is 15.9 Å². The molecule has 1 atom stereocenters. The Balaban J connectivity index is 2.40. The van der Waals surface area contributed by atoms with Gasteiger partial charge in [0, 0.05) is 29.7 Å². The number of benzene rings is 1. The van der Waals surface area contributed by atoms with Crippen molar-refractivity contribution in [1.29, 1.82) is 5.26 Å². The first-order valence-electron chi connectivity index (χ1n) is 6.40. The Morgan fingerprint density at radius 1 is 1.42 bits per heavy atom. The fourth-order valence-electron chi connectivity index (χ4n) is 2.46. The fraction of sp³-hybridized carbons (Fsp3) is 0.500. The molecule has 2 rings (SSSR count).